The van der Waals surface area contributed by atoms with E-state index in [4.69, 9.17) is 9.84 Å². The maximum absolute atomic E-state index is 11.0. The maximum atomic E-state index is 11.0. The first kappa shape index (κ1) is 10.9. The van der Waals surface area contributed by atoms with Crippen LogP contribution in [-0.2, 0) is 9.53 Å². The van der Waals surface area contributed by atoms with Gasteiger partial charge in [-0.3, -0.25) is 0 Å². The predicted molar refractivity (Wildman–Crippen MR) is 56.0 cm³/mol. The molecule has 0 aliphatic heterocycles. The molecule has 0 aliphatic carbocycles. The van der Waals surface area contributed by atoms with Gasteiger partial charge in [0.05, 0.1) is 6.61 Å². The molecule has 1 aromatic heterocycles. The molecule has 0 saturated carbocycles. The predicted octanol–water partition coefficient (Wildman–Crippen LogP) is 1.69. The quantitative estimate of drug-likeness (QED) is 0.459. The van der Waals surface area contributed by atoms with Crippen molar-refractivity contribution in [2.45, 2.75) is 6.42 Å². The van der Waals surface area contributed by atoms with Crippen molar-refractivity contribution < 1.29 is 14.6 Å². The number of ether oxygens (including phenoxy) is 1. The minimum absolute atomic E-state index is 0.0436. The van der Waals surface area contributed by atoms with E-state index >= 15 is 0 Å². The van der Waals surface area contributed by atoms with Crippen LogP contribution in [0.2, 0.25) is 0 Å². The molecule has 4 heteroatoms. The summed E-state index contributed by atoms with van der Waals surface area (Å²) in [7, 11) is 0. The van der Waals surface area contributed by atoms with Crippen LogP contribution in [0.15, 0.2) is 23.6 Å². The molecule has 0 amide bonds. The van der Waals surface area contributed by atoms with E-state index < -0.39 is 0 Å². The number of aliphatic hydroxyl groups excluding tert-OH is 1. The minimum Gasteiger partial charge on any atom is -0.462 e. The van der Waals surface area contributed by atoms with Crippen molar-refractivity contribution in [3.8, 4) is 0 Å². The van der Waals surface area contributed by atoms with Crippen LogP contribution in [0.3, 0.4) is 0 Å². The summed E-state index contributed by atoms with van der Waals surface area (Å²) >= 11 is 1.56. The van der Waals surface area contributed by atoms with Gasteiger partial charge in [-0.1, -0.05) is 6.07 Å². The SMILES string of the molecule is O=C(C=Cc1cccs1)OCCCO. The monoisotopic (exact) mass is 212 g/mol. The van der Waals surface area contributed by atoms with Gasteiger partial charge in [0.2, 0.25) is 0 Å². The van der Waals surface area contributed by atoms with E-state index in [0.717, 1.165) is 4.88 Å². The van der Waals surface area contributed by atoms with Gasteiger partial charge in [-0.2, -0.15) is 0 Å². The third-order valence-electron chi connectivity index (χ3n) is 1.47. The maximum Gasteiger partial charge on any atom is 0.330 e. The highest BCUT2D eigenvalue weighted by molar-refractivity contribution is 7.10. The number of aliphatic hydroxyl groups is 1. The molecule has 0 aromatic carbocycles. The molecule has 1 heterocycles. The Kier molecular flexibility index (Phi) is 4.96. The Bertz CT molecular complexity index is 290. The first-order chi connectivity index (χ1) is 6.83. The van der Waals surface area contributed by atoms with Gasteiger partial charge in [0, 0.05) is 24.0 Å². The van der Waals surface area contributed by atoms with Crippen LogP contribution in [0.25, 0.3) is 6.08 Å². The summed E-state index contributed by atoms with van der Waals surface area (Å²) in [6.07, 6.45) is 3.59. The van der Waals surface area contributed by atoms with E-state index in [1.165, 1.54) is 6.08 Å². The van der Waals surface area contributed by atoms with Crippen LogP contribution in [0.1, 0.15) is 11.3 Å². The standard InChI is InChI=1S/C10H12O3S/c11-6-2-7-13-10(12)5-4-9-3-1-8-14-9/h1,3-5,8,11H,2,6-7H2. The van der Waals surface area contributed by atoms with Crippen molar-refractivity contribution in [3.05, 3.63) is 28.5 Å². The van der Waals surface area contributed by atoms with Crippen LogP contribution >= 0.6 is 11.3 Å². The van der Waals surface area contributed by atoms with E-state index in [1.54, 1.807) is 17.4 Å². The summed E-state index contributed by atoms with van der Waals surface area (Å²) in [6.45, 7) is 0.312. The average molecular weight is 212 g/mol. The molecule has 0 radical (unpaired) electrons. The lowest BCUT2D eigenvalue weighted by molar-refractivity contribution is -0.137. The molecule has 0 atom stereocenters. The fraction of sp³-hybridized carbons (Fsp3) is 0.300. The fourth-order valence-electron chi connectivity index (χ4n) is 0.822. The number of carbonyl (C=O) groups is 1. The number of hydrogen-bond donors (Lipinski definition) is 1. The Balaban J connectivity index is 2.26. The zero-order valence-corrected chi connectivity index (χ0v) is 8.50. The highest BCUT2D eigenvalue weighted by Crippen LogP contribution is 2.09. The van der Waals surface area contributed by atoms with Gasteiger partial charge in [-0.25, -0.2) is 4.79 Å². The lowest BCUT2D eigenvalue weighted by atomic mass is 10.4. The van der Waals surface area contributed by atoms with Crippen LogP contribution < -0.4 is 0 Å². The van der Waals surface area contributed by atoms with Crippen molar-refractivity contribution >= 4 is 23.4 Å². The highest BCUT2D eigenvalue weighted by Gasteiger charge is 1.95. The Hall–Kier alpha value is -1.13. The number of rotatable bonds is 5. The van der Waals surface area contributed by atoms with Crippen molar-refractivity contribution in [1.29, 1.82) is 0 Å². The summed E-state index contributed by atoms with van der Waals surface area (Å²) in [5, 5.41) is 10.4. The summed E-state index contributed by atoms with van der Waals surface area (Å²) in [6, 6.07) is 3.84. The largest absolute Gasteiger partial charge is 0.462 e. The molecule has 1 N–H and O–H groups in total. The summed E-state index contributed by atoms with van der Waals surface area (Å²) in [4.78, 5) is 12.0. The highest BCUT2D eigenvalue weighted by atomic mass is 32.1. The van der Waals surface area contributed by atoms with E-state index in [1.807, 2.05) is 17.5 Å². The molecule has 76 valence electrons. The first-order valence-corrected chi connectivity index (χ1v) is 5.20. The Morgan fingerprint density at radius 1 is 1.64 bits per heavy atom. The number of thiophene rings is 1. The molecule has 14 heavy (non-hydrogen) atoms. The first-order valence-electron chi connectivity index (χ1n) is 4.32. The van der Waals surface area contributed by atoms with Gasteiger partial charge in [0.1, 0.15) is 0 Å². The summed E-state index contributed by atoms with van der Waals surface area (Å²) < 4.78 is 4.80. The Morgan fingerprint density at radius 2 is 2.50 bits per heavy atom. The zero-order chi connectivity index (χ0) is 10.2. The van der Waals surface area contributed by atoms with Crippen molar-refractivity contribution in [3.63, 3.8) is 0 Å². The molecule has 1 rings (SSSR count). The van der Waals surface area contributed by atoms with Gasteiger partial charge in [0.25, 0.3) is 0 Å². The van der Waals surface area contributed by atoms with Crippen LogP contribution in [0.5, 0.6) is 0 Å². The summed E-state index contributed by atoms with van der Waals surface area (Å²) in [5.74, 6) is -0.369. The van der Waals surface area contributed by atoms with Crippen molar-refractivity contribution in [2.24, 2.45) is 0 Å². The van der Waals surface area contributed by atoms with E-state index in [0.29, 0.717) is 6.42 Å². The molecule has 0 unspecified atom stereocenters. The van der Waals surface area contributed by atoms with Crippen molar-refractivity contribution in [2.75, 3.05) is 13.2 Å². The van der Waals surface area contributed by atoms with Crippen LogP contribution in [-0.4, -0.2) is 24.3 Å². The molecule has 0 aliphatic rings. The molecule has 0 fully saturated rings. The molecule has 0 spiro atoms. The van der Waals surface area contributed by atoms with Gasteiger partial charge in [-0.15, -0.1) is 11.3 Å². The van der Waals surface area contributed by atoms with Gasteiger partial charge >= 0.3 is 5.97 Å². The molecular weight excluding hydrogens is 200 g/mol. The lowest BCUT2D eigenvalue weighted by Gasteiger charge is -1.97. The second-order valence-corrected chi connectivity index (χ2v) is 3.57. The van der Waals surface area contributed by atoms with Crippen molar-refractivity contribution in [1.82, 2.24) is 0 Å². The molecular formula is C10H12O3S. The molecule has 3 nitrogen and oxygen atoms in total. The Morgan fingerprint density at radius 3 is 3.14 bits per heavy atom. The summed E-state index contributed by atoms with van der Waals surface area (Å²) in [5.41, 5.74) is 0. The number of hydrogen-bond acceptors (Lipinski definition) is 4. The minimum atomic E-state index is -0.369. The van der Waals surface area contributed by atoms with E-state index in [2.05, 4.69) is 0 Å². The van der Waals surface area contributed by atoms with Crippen LogP contribution in [0, 0.1) is 0 Å². The second-order valence-electron chi connectivity index (χ2n) is 2.59. The second kappa shape index (κ2) is 6.34. The third kappa shape index (κ3) is 4.20. The number of esters is 1. The molecule has 0 saturated heterocycles. The van der Waals surface area contributed by atoms with E-state index in [9.17, 15) is 4.79 Å². The number of carbonyl (C=O) groups excluding carboxylic acids is 1. The zero-order valence-electron chi connectivity index (χ0n) is 7.68. The fourth-order valence-corrected chi connectivity index (χ4v) is 1.44. The third-order valence-corrected chi connectivity index (χ3v) is 2.31. The van der Waals surface area contributed by atoms with Gasteiger partial charge in [0.15, 0.2) is 0 Å². The smallest absolute Gasteiger partial charge is 0.330 e. The van der Waals surface area contributed by atoms with Gasteiger partial charge < -0.3 is 9.84 Å². The lowest BCUT2D eigenvalue weighted by Crippen LogP contribution is -2.03. The topological polar surface area (TPSA) is 46.5 Å². The molecule has 0 bridgehead atoms. The Labute approximate surface area is 86.6 Å². The van der Waals surface area contributed by atoms with Crippen LogP contribution in [0.4, 0.5) is 0 Å². The van der Waals surface area contributed by atoms with E-state index in [-0.39, 0.29) is 19.2 Å². The molecule has 1 aromatic rings. The normalized spacial score (nSPS) is 10.6. The average Bonchev–Trinajstić information content (AvgIpc) is 2.68. The van der Waals surface area contributed by atoms with Gasteiger partial charge in [-0.05, 0) is 17.5 Å².